The minimum atomic E-state index is 0.281. The fraction of sp³-hybridized carbons (Fsp3) is 0.333. The van der Waals surface area contributed by atoms with E-state index in [0.717, 1.165) is 11.4 Å². The number of methoxy groups -OCH3 is 1. The molecule has 2 heteroatoms. The molecule has 0 amide bonds. The maximum Gasteiger partial charge on any atom is 0.0865 e. The molecule has 0 N–H and O–H groups in total. The Kier molecular flexibility index (Phi) is 1.63. The van der Waals surface area contributed by atoms with Crippen LogP contribution >= 0.6 is 11.6 Å². The van der Waals surface area contributed by atoms with Crippen molar-refractivity contribution in [2.75, 3.05) is 7.11 Å². The van der Waals surface area contributed by atoms with Crippen LogP contribution in [0.15, 0.2) is 18.2 Å². The summed E-state index contributed by atoms with van der Waals surface area (Å²) in [6, 6.07) is 5.96. The number of ether oxygens (including phenoxy) is 1. The molecule has 2 rings (SSSR count). The molecule has 1 aromatic rings. The van der Waals surface area contributed by atoms with Crippen LogP contribution in [0.4, 0.5) is 0 Å². The van der Waals surface area contributed by atoms with Crippen molar-refractivity contribution >= 4 is 11.6 Å². The Labute approximate surface area is 70.9 Å². The van der Waals surface area contributed by atoms with Gasteiger partial charge in [-0.3, -0.25) is 0 Å². The number of fused-ring (bicyclic) bond motifs is 1. The fourth-order valence-electron chi connectivity index (χ4n) is 1.47. The second kappa shape index (κ2) is 2.50. The third-order valence-corrected chi connectivity index (χ3v) is 2.53. The molecule has 0 radical (unpaired) electrons. The Bertz CT molecular complexity index is 283. The highest BCUT2D eigenvalue weighted by Gasteiger charge is 2.27. The summed E-state index contributed by atoms with van der Waals surface area (Å²) in [6.45, 7) is 0. The minimum Gasteiger partial charge on any atom is -0.376 e. The maximum atomic E-state index is 5.93. The van der Waals surface area contributed by atoms with E-state index in [2.05, 4.69) is 6.07 Å². The predicted octanol–water partition coefficient (Wildman–Crippen LogP) is 2.58. The topological polar surface area (TPSA) is 9.23 Å². The molecule has 1 aliphatic carbocycles. The van der Waals surface area contributed by atoms with Crippen molar-refractivity contribution in [1.82, 2.24) is 0 Å². The highest BCUT2D eigenvalue weighted by molar-refractivity contribution is 6.31. The average Bonchev–Trinajstić information content (AvgIpc) is 1.95. The Morgan fingerprint density at radius 3 is 3.09 bits per heavy atom. The van der Waals surface area contributed by atoms with Crippen molar-refractivity contribution in [1.29, 1.82) is 0 Å². The Morgan fingerprint density at radius 2 is 2.36 bits per heavy atom. The van der Waals surface area contributed by atoms with E-state index in [4.69, 9.17) is 16.3 Å². The molecule has 1 aromatic carbocycles. The van der Waals surface area contributed by atoms with Crippen LogP contribution in [0.5, 0.6) is 0 Å². The van der Waals surface area contributed by atoms with E-state index in [1.54, 1.807) is 7.11 Å². The van der Waals surface area contributed by atoms with Gasteiger partial charge >= 0.3 is 0 Å². The molecule has 0 heterocycles. The van der Waals surface area contributed by atoms with Crippen LogP contribution in [-0.4, -0.2) is 7.11 Å². The third-order valence-electron chi connectivity index (χ3n) is 2.18. The van der Waals surface area contributed by atoms with Gasteiger partial charge < -0.3 is 4.74 Å². The summed E-state index contributed by atoms with van der Waals surface area (Å²) in [5.41, 5.74) is 2.50. The van der Waals surface area contributed by atoms with E-state index in [1.165, 1.54) is 11.1 Å². The lowest BCUT2D eigenvalue weighted by Crippen LogP contribution is -2.18. The molecule has 1 atom stereocenters. The summed E-state index contributed by atoms with van der Waals surface area (Å²) >= 11 is 5.93. The van der Waals surface area contributed by atoms with Crippen LogP contribution in [0.1, 0.15) is 17.2 Å². The van der Waals surface area contributed by atoms with Crippen LogP contribution in [0, 0.1) is 0 Å². The van der Waals surface area contributed by atoms with Gasteiger partial charge in [-0.05, 0) is 17.2 Å². The van der Waals surface area contributed by atoms with Crippen molar-refractivity contribution in [2.24, 2.45) is 0 Å². The lowest BCUT2D eigenvalue weighted by atomic mass is 9.85. The SMILES string of the molecule is COC1Cc2c(Cl)cccc21. The van der Waals surface area contributed by atoms with Gasteiger partial charge in [0.2, 0.25) is 0 Å². The first-order valence-electron chi connectivity index (χ1n) is 3.63. The molecule has 0 fully saturated rings. The third kappa shape index (κ3) is 0.959. The number of hydrogen-bond donors (Lipinski definition) is 0. The quantitative estimate of drug-likeness (QED) is 0.627. The van der Waals surface area contributed by atoms with Crippen LogP contribution in [-0.2, 0) is 11.2 Å². The monoisotopic (exact) mass is 168 g/mol. The van der Waals surface area contributed by atoms with Crippen LogP contribution in [0.3, 0.4) is 0 Å². The largest absolute Gasteiger partial charge is 0.376 e. The molecule has 0 aliphatic heterocycles. The van der Waals surface area contributed by atoms with Crippen LogP contribution in [0.25, 0.3) is 0 Å². The van der Waals surface area contributed by atoms with Crippen molar-refractivity contribution in [3.05, 3.63) is 34.3 Å². The molecule has 58 valence electrons. The summed E-state index contributed by atoms with van der Waals surface area (Å²) in [7, 11) is 1.73. The Hall–Kier alpha value is -0.530. The summed E-state index contributed by atoms with van der Waals surface area (Å²) in [5, 5.41) is 0.871. The highest BCUT2D eigenvalue weighted by Crippen LogP contribution is 2.39. The van der Waals surface area contributed by atoms with Gasteiger partial charge in [-0.1, -0.05) is 23.7 Å². The van der Waals surface area contributed by atoms with Crippen molar-refractivity contribution in [2.45, 2.75) is 12.5 Å². The molecule has 11 heavy (non-hydrogen) atoms. The van der Waals surface area contributed by atoms with Gasteiger partial charge in [0, 0.05) is 18.6 Å². The Balaban J connectivity index is 2.41. The van der Waals surface area contributed by atoms with Crippen molar-refractivity contribution in [3.63, 3.8) is 0 Å². The fourth-order valence-corrected chi connectivity index (χ4v) is 1.73. The second-order valence-corrected chi connectivity index (χ2v) is 3.14. The summed E-state index contributed by atoms with van der Waals surface area (Å²) in [4.78, 5) is 0. The molecule has 0 saturated heterocycles. The summed E-state index contributed by atoms with van der Waals surface area (Å²) < 4.78 is 5.21. The number of halogens is 1. The van der Waals surface area contributed by atoms with E-state index in [0.29, 0.717) is 0 Å². The molecule has 1 nitrogen and oxygen atoms in total. The lowest BCUT2D eigenvalue weighted by molar-refractivity contribution is 0.0845. The minimum absolute atomic E-state index is 0.281. The van der Waals surface area contributed by atoms with Gasteiger partial charge in [-0.2, -0.15) is 0 Å². The zero-order valence-corrected chi connectivity index (χ0v) is 7.06. The number of benzene rings is 1. The maximum absolute atomic E-state index is 5.93. The molecular formula is C9H9ClO. The number of rotatable bonds is 1. The van der Waals surface area contributed by atoms with E-state index in [9.17, 15) is 0 Å². The van der Waals surface area contributed by atoms with Gasteiger partial charge in [0.1, 0.15) is 0 Å². The van der Waals surface area contributed by atoms with Crippen LogP contribution in [0.2, 0.25) is 5.02 Å². The zero-order chi connectivity index (χ0) is 7.84. The summed E-state index contributed by atoms with van der Waals surface area (Å²) in [5.74, 6) is 0. The molecule has 0 aromatic heterocycles. The van der Waals surface area contributed by atoms with Gasteiger partial charge in [0.15, 0.2) is 0 Å². The van der Waals surface area contributed by atoms with Gasteiger partial charge in [0.25, 0.3) is 0 Å². The van der Waals surface area contributed by atoms with E-state index >= 15 is 0 Å². The average molecular weight is 169 g/mol. The first-order chi connectivity index (χ1) is 5.33. The van der Waals surface area contributed by atoms with Crippen molar-refractivity contribution in [3.8, 4) is 0 Å². The summed E-state index contributed by atoms with van der Waals surface area (Å²) in [6.07, 6.45) is 1.25. The van der Waals surface area contributed by atoms with Gasteiger partial charge in [-0.15, -0.1) is 0 Å². The van der Waals surface area contributed by atoms with Gasteiger partial charge in [-0.25, -0.2) is 0 Å². The standard InChI is InChI=1S/C9H9ClO/c1-11-9-5-7-6(9)3-2-4-8(7)10/h2-4,9H,5H2,1H3. The Morgan fingerprint density at radius 1 is 1.55 bits per heavy atom. The van der Waals surface area contributed by atoms with E-state index in [-0.39, 0.29) is 6.10 Å². The molecular weight excluding hydrogens is 160 g/mol. The van der Waals surface area contributed by atoms with Crippen molar-refractivity contribution < 1.29 is 4.74 Å². The number of hydrogen-bond acceptors (Lipinski definition) is 1. The smallest absolute Gasteiger partial charge is 0.0865 e. The van der Waals surface area contributed by atoms with Gasteiger partial charge in [0.05, 0.1) is 6.10 Å². The highest BCUT2D eigenvalue weighted by atomic mass is 35.5. The first kappa shape index (κ1) is 7.14. The second-order valence-electron chi connectivity index (χ2n) is 2.74. The lowest BCUT2D eigenvalue weighted by Gasteiger charge is -2.29. The molecule has 0 saturated carbocycles. The first-order valence-corrected chi connectivity index (χ1v) is 4.01. The molecule has 0 spiro atoms. The van der Waals surface area contributed by atoms with E-state index in [1.807, 2.05) is 12.1 Å². The van der Waals surface area contributed by atoms with Crippen LogP contribution < -0.4 is 0 Å². The normalized spacial score (nSPS) is 20.7. The molecule has 1 aliphatic rings. The zero-order valence-electron chi connectivity index (χ0n) is 6.30. The molecule has 0 bridgehead atoms. The molecule has 1 unspecified atom stereocenters. The predicted molar refractivity (Wildman–Crippen MR) is 44.9 cm³/mol. The van der Waals surface area contributed by atoms with E-state index < -0.39 is 0 Å².